The molecule has 1 unspecified atom stereocenters. The second-order valence-corrected chi connectivity index (χ2v) is 4.73. The van der Waals surface area contributed by atoms with Gasteiger partial charge in [0.25, 0.3) is 0 Å². The van der Waals surface area contributed by atoms with Crippen LogP contribution in [0.2, 0.25) is 0 Å². The lowest BCUT2D eigenvalue weighted by molar-refractivity contribution is 0.420. The summed E-state index contributed by atoms with van der Waals surface area (Å²) < 4.78 is 5.43. The summed E-state index contributed by atoms with van der Waals surface area (Å²) >= 11 is 0. The lowest BCUT2D eigenvalue weighted by Gasteiger charge is -2.13. The zero-order chi connectivity index (χ0) is 13.9. The third-order valence-corrected chi connectivity index (χ3v) is 3.46. The minimum atomic E-state index is -0.319. The molecule has 0 aliphatic rings. The van der Waals surface area contributed by atoms with Crippen LogP contribution in [0.3, 0.4) is 0 Å². The third-order valence-electron chi connectivity index (χ3n) is 3.46. The molecule has 2 aromatic carbocycles. The van der Waals surface area contributed by atoms with Crippen molar-refractivity contribution < 1.29 is 4.42 Å². The van der Waals surface area contributed by atoms with Gasteiger partial charge in [-0.25, -0.2) is 9.78 Å². The van der Waals surface area contributed by atoms with Crippen LogP contribution in [-0.2, 0) is 0 Å². The Morgan fingerprint density at radius 2 is 1.75 bits per heavy atom. The lowest BCUT2D eigenvalue weighted by Crippen LogP contribution is -2.09. The summed E-state index contributed by atoms with van der Waals surface area (Å²) in [6.45, 7) is 2.06. The highest BCUT2D eigenvalue weighted by Gasteiger charge is 2.17. The molecule has 3 nitrogen and oxygen atoms in total. The number of hydrogen-bond acceptors (Lipinski definition) is 3. The Balaban J connectivity index is 2.16. The second-order valence-electron chi connectivity index (χ2n) is 4.73. The zero-order valence-corrected chi connectivity index (χ0v) is 11.2. The van der Waals surface area contributed by atoms with Crippen LogP contribution < -0.4 is 5.63 Å². The smallest absolute Gasteiger partial charge is 0.346 e. The molecule has 0 saturated carbocycles. The maximum absolute atomic E-state index is 12.0. The van der Waals surface area contributed by atoms with E-state index in [-0.39, 0.29) is 11.5 Å². The van der Waals surface area contributed by atoms with Crippen LogP contribution in [0.15, 0.2) is 63.8 Å². The van der Waals surface area contributed by atoms with Gasteiger partial charge in [0.05, 0.1) is 16.8 Å². The maximum atomic E-state index is 12.0. The molecular weight excluding hydrogens is 250 g/mol. The van der Waals surface area contributed by atoms with E-state index in [2.05, 4.69) is 11.9 Å². The number of fused-ring (bicyclic) bond motifs is 1. The molecule has 3 heteroatoms. The lowest BCUT2D eigenvalue weighted by atomic mass is 9.96. The van der Waals surface area contributed by atoms with Gasteiger partial charge in [0.2, 0.25) is 5.89 Å². The Morgan fingerprint density at radius 3 is 2.50 bits per heavy atom. The summed E-state index contributed by atoms with van der Waals surface area (Å²) in [4.78, 5) is 16.6. The van der Waals surface area contributed by atoms with Gasteiger partial charge in [-0.3, -0.25) is 0 Å². The molecule has 100 valence electrons. The molecule has 0 amide bonds. The van der Waals surface area contributed by atoms with Gasteiger partial charge in [-0.1, -0.05) is 49.4 Å². The van der Waals surface area contributed by atoms with Gasteiger partial charge in [0.1, 0.15) is 0 Å². The first-order chi connectivity index (χ1) is 9.79. The highest BCUT2D eigenvalue weighted by atomic mass is 16.4. The average molecular weight is 265 g/mol. The molecule has 0 fully saturated rings. The quantitative estimate of drug-likeness (QED) is 0.724. The van der Waals surface area contributed by atoms with Gasteiger partial charge in [0.15, 0.2) is 0 Å². The number of rotatable bonds is 3. The molecule has 1 aromatic heterocycles. The van der Waals surface area contributed by atoms with Crippen LogP contribution in [-0.4, -0.2) is 4.98 Å². The molecule has 0 aliphatic carbocycles. The van der Waals surface area contributed by atoms with Crippen molar-refractivity contribution >= 4 is 10.9 Å². The van der Waals surface area contributed by atoms with Gasteiger partial charge in [-0.05, 0) is 24.1 Å². The van der Waals surface area contributed by atoms with Crippen molar-refractivity contribution in [3.8, 4) is 0 Å². The van der Waals surface area contributed by atoms with E-state index in [4.69, 9.17) is 4.42 Å². The Labute approximate surface area is 116 Å². The Kier molecular flexibility index (Phi) is 3.33. The molecule has 0 N–H and O–H groups in total. The van der Waals surface area contributed by atoms with Crippen molar-refractivity contribution in [3.63, 3.8) is 0 Å². The van der Waals surface area contributed by atoms with Crippen LogP contribution in [0.5, 0.6) is 0 Å². The van der Waals surface area contributed by atoms with E-state index in [0.29, 0.717) is 16.8 Å². The zero-order valence-electron chi connectivity index (χ0n) is 11.2. The van der Waals surface area contributed by atoms with Gasteiger partial charge in [0, 0.05) is 0 Å². The summed E-state index contributed by atoms with van der Waals surface area (Å²) in [6, 6.07) is 17.3. The molecule has 0 bridgehead atoms. The Bertz CT molecular complexity index is 778. The van der Waals surface area contributed by atoms with Crippen LogP contribution in [0.1, 0.15) is 30.7 Å². The van der Waals surface area contributed by atoms with E-state index in [0.717, 1.165) is 12.0 Å². The maximum Gasteiger partial charge on any atom is 0.346 e. The fourth-order valence-electron chi connectivity index (χ4n) is 2.42. The Morgan fingerprint density at radius 1 is 1.05 bits per heavy atom. The topological polar surface area (TPSA) is 43.1 Å². The summed E-state index contributed by atoms with van der Waals surface area (Å²) in [5.74, 6) is 0.496. The number of aromatic nitrogens is 1. The van der Waals surface area contributed by atoms with Gasteiger partial charge in [-0.15, -0.1) is 0 Å². The number of para-hydroxylation sites is 1. The first kappa shape index (κ1) is 12.6. The van der Waals surface area contributed by atoms with E-state index in [1.807, 2.05) is 48.5 Å². The first-order valence-electron chi connectivity index (χ1n) is 6.74. The van der Waals surface area contributed by atoms with Crippen molar-refractivity contribution in [2.75, 3.05) is 0 Å². The minimum absolute atomic E-state index is 0.00788. The first-order valence-corrected chi connectivity index (χ1v) is 6.74. The second kappa shape index (κ2) is 5.29. The predicted octanol–water partition coefficient (Wildman–Crippen LogP) is 3.73. The molecule has 0 aliphatic heterocycles. The van der Waals surface area contributed by atoms with Crippen molar-refractivity contribution in [1.29, 1.82) is 0 Å². The fraction of sp³-hybridized carbons (Fsp3) is 0.176. The standard InChI is InChI=1S/C17H15NO2/c1-2-13(12-8-4-3-5-9-12)16-18-15-11-7-6-10-14(15)17(19)20-16/h3-11,13H,2H2,1H3. The summed E-state index contributed by atoms with van der Waals surface area (Å²) in [6.07, 6.45) is 0.832. The third kappa shape index (κ3) is 2.23. The molecular formula is C17H15NO2. The molecule has 0 saturated heterocycles. The highest BCUT2D eigenvalue weighted by Crippen LogP contribution is 2.26. The molecule has 3 rings (SSSR count). The number of nitrogens with zero attached hydrogens (tertiary/aromatic N) is 1. The predicted molar refractivity (Wildman–Crippen MR) is 78.9 cm³/mol. The van der Waals surface area contributed by atoms with Crippen LogP contribution >= 0.6 is 0 Å². The van der Waals surface area contributed by atoms with E-state index < -0.39 is 0 Å². The van der Waals surface area contributed by atoms with Crippen molar-refractivity contribution in [2.24, 2.45) is 0 Å². The van der Waals surface area contributed by atoms with Gasteiger partial charge < -0.3 is 4.42 Å². The van der Waals surface area contributed by atoms with Crippen molar-refractivity contribution in [2.45, 2.75) is 19.3 Å². The monoisotopic (exact) mass is 265 g/mol. The van der Waals surface area contributed by atoms with E-state index in [1.54, 1.807) is 6.07 Å². The number of benzene rings is 2. The van der Waals surface area contributed by atoms with Gasteiger partial charge in [-0.2, -0.15) is 0 Å². The summed E-state index contributed by atoms with van der Waals surface area (Å²) in [5, 5.41) is 0.527. The van der Waals surface area contributed by atoms with Crippen LogP contribution in [0, 0.1) is 0 Å². The van der Waals surface area contributed by atoms with Crippen LogP contribution in [0.25, 0.3) is 10.9 Å². The average Bonchev–Trinajstić information content (AvgIpc) is 2.49. The summed E-state index contributed by atoms with van der Waals surface area (Å²) in [5.41, 5.74) is 1.48. The molecule has 0 radical (unpaired) electrons. The fourth-order valence-corrected chi connectivity index (χ4v) is 2.42. The molecule has 3 aromatic rings. The van der Waals surface area contributed by atoms with Crippen molar-refractivity contribution in [1.82, 2.24) is 4.98 Å². The van der Waals surface area contributed by atoms with Crippen molar-refractivity contribution in [3.05, 3.63) is 76.5 Å². The van der Waals surface area contributed by atoms with E-state index in [1.165, 1.54) is 0 Å². The van der Waals surface area contributed by atoms with E-state index >= 15 is 0 Å². The Hall–Kier alpha value is -2.42. The molecule has 1 heterocycles. The highest BCUT2D eigenvalue weighted by molar-refractivity contribution is 5.76. The molecule has 0 spiro atoms. The SMILES string of the molecule is CCC(c1ccccc1)c1nc2ccccc2c(=O)o1. The molecule has 1 atom stereocenters. The molecule has 20 heavy (non-hydrogen) atoms. The normalized spacial score (nSPS) is 12.4. The number of hydrogen-bond donors (Lipinski definition) is 0. The summed E-state index contributed by atoms with van der Waals surface area (Å²) in [7, 11) is 0. The van der Waals surface area contributed by atoms with E-state index in [9.17, 15) is 4.79 Å². The minimum Gasteiger partial charge on any atom is -0.407 e. The van der Waals surface area contributed by atoms with Crippen LogP contribution in [0.4, 0.5) is 0 Å². The largest absolute Gasteiger partial charge is 0.407 e. The van der Waals surface area contributed by atoms with Gasteiger partial charge >= 0.3 is 5.63 Å².